The molecule has 114 valence electrons. The molecule has 0 spiro atoms. The van der Waals surface area contributed by atoms with Gasteiger partial charge in [-0.05, 0) is 6.92 Å². The normalized spacial score (nSPS) is 12.7. The average Bonchev–Trinajstić information content (AvgIpc) is 2.38. The zero-order chi connectivity index (χ0) is 15.1. The number of rotatable bonds is 8. The number of anilines is 2. The van der Waals surface area contributed by atoms with Crippen LogP contribution in [0, 0.1) is 0 Å². The van der Waals surface area contributed by atoms with E-state index in [-0.39, 0.29) is 12.0 Å². The Morgan fingerprint density at radius 1 is 1.20 bits per heavy atom. The smallest absolute Gasteiger partial charge is 0.135 e. The molecular weight excluding hydrogens is 256 g/mol. The van der Waals surface area contributed by atoms with Crippen molar-refractivity contribution in [3.05, 3.63) is 11.9 Å². The molecule has 2 N–H and O–H groups in total. The molecule has 0 fully saturated rings. The predicted molar refractivity (Wildman–Crippen MR) is 81.1 cm³/mol. The highest BCUT2D eigenvalue weighted by atomic mass is 16.5. The van der Waals surface area contributed by atoms with E-state index in [1.165, 1.54) is 0 Å². The molecule has 1 aromatic heterocycles. The lowest BCUT2D eigenvalue weighted by Crippen LogP contribution is -2.39. The number of nitrogens with two attached hydrogens (primary N) is 1. The summed E-state index contributed by atoms with van der Waals surface area (Å²) in [6, 6.07) is 1.98. The highest BCUT2D eigenvalue weighted by Crippen LogP contribution is 2.20. The van der Waals surface area contributed by atoms with Crippen molar-refractivity contribution in [3.63, 3.8) is 0 Å². The zero-order valence-corrected chi connectivity index (χ0v) is 13.1. The molecule has 0 amide bonds. The average molecular weight is 282 g/mol. The number of hydrogen-bond acceptors (Lipinski definition) is 6. The third-order valence-corrected chi connectivity index (χ3v) is 3.04. The van der Waals surface area contributed by atoms with Crippen LogP contribution in [-0.4, -0.2) is 50.0 Å². The van der Waals surface area contributed by atoms with Gasteiger partial charge in [0.2, 0.25) is 0 Å². The van der Waals surface area contributed by atoms with Gasteiger partial charge >= 0.3 is 0 Å². The second-order valence-corrected chi connectivity index (χ2v) is 5.15. The summed E-state index contributed by atoms with van der Waals surface area (Å²) in [7, 11) is 3.38. The summed E-state index contributed by atoms with van der Waals surface area (Å²) in [4.78, 5) is 11.0. The minimum atomic E-state index is 0.185. The molecule has 0 saturated carbocycles. The van der Waals surface area contributed by atoms with Crippen molar-refractivity contribution in [2.24, 2.45) is 0 Å². The lowest BCUT2D eigenvalue weighted by molar-refractivity contribution is 0.170. The second-order valence-electron chi connectivity index (χ2n) is 5.15. The Labute approximate surface area is 121 Å². The van der Waals surface area contributed by atoms with Gasteiger partial charge in [-0.3, -0.25) is 0 Å². The Morgan fingerprint density at radius 3 is 2.45 bits per heavy atom. The Bertz CT molecular complexity index is 412. The van der Waals surface area contributed by atoms with E-state index in [1.54, 1.807) is 20.3 Å². The van der Waals surface area contributed by atoms with Crippen molar-refractivity contribution in [3.8, 4) is 0 Å². The summed E-state index contributed by atoms with van der Waals surface area (Å²) in [5.41, 5.74) is 5.90. The van der Waals surface area contributed by atoms with E-state index in [1.807, 2.05) is 0 Å². The molecule has 1 atom stereocenters. The van der Waals surface area contributed by atoms with Gasteiger partial charge in [0.25, 0.3) is 0 Å². The third-order valence-electron chi connectivity index (χ3n) is 3.04. The van der Waals surface area contributed by atoms with Gasteiger partial charge in [0, 0.05) is 32.7 Å². The van der Waals surface area contributed by atoms with Gasteiger partial charge < -0.3 is 20.1 Å². The van der Waals surface area contributed by atoms with E-state index in [2.05, 4.69) is 35.6 Å². The fourth-order valence-electron chi connectivity index (χ4n) is 1.96. The van der Waals surface area contributed by atoms with E-state index in [9.17, 15) is 0 Å². The van der Waals surface area contributed by atoms with Gasteiger partial charge in [0.1, 0.15) is 17.5 Å². The first-order valence-corrected chi connectivity index (χ1v) is 6.88. The Balaban J connectivity index is 3.05. The van der Waals surface area contributed by atoms with Crippen LogP contribution in [-0.2, 0) is 9.47 Å². The first-order chi connectivity index (χ1) is 9.49. The Morgan fingerprint density at radius 2 is 1.90 bits per heavy atom. The van der Waals surface area contributed by atoms with E-state index < -0.39 is 0 Å². The van der Waals surface area contributed by atoms with Gasteiger partial charge in [-0.1, -0.05) is 13.8 Å². The minimum Gasteiger partial charge on any atom is -0.384 e. The maximum atomic E-state index is 5.90. The molecule has 20 heavy (non-hydrogen) atoms. The number of nitrogens with zero attached hydrogens (tertiary/aromatic N) is 3. The largest absolute Gasteiger partial charge is 0.384 e. The fourth-order valence-corrected chi connectivity index (χ4v) is 1.96. The fraction of sp³-hybridized carbons (Fsp3) is 0.714. The molecule has 0 radical (unpaired) electrons. The molecule has 6 nitrogen and oxygen atoms in total. The lowest BCUT2D eigenvalue weighted by Gasteiger charge is -2.30. The van der Waals surface area contributed by atoms with E-state index in [4.69, 9.17) is 15.2 Å². The number of methoxy groups -OCH3 is 2. The summed E-state index contributed by atoms with van der Waals surface area (Å²) < 4.78 is 10.4. The van der Waals surface area contributed by atoms with Crippen LogP contribution in [0.4, 0.5) is 11.6 Å². The molecule has 1 heterocycles. The van der Waals surface area contributed by atoms with Crippen LogP contribution in [0.3, 0.4) is 0 Å². The monoisotopic (exact) mass is 282 g/mol. The van der Waals surface area contributed by atoms with Gasteiger partial charge in [0.05, 0.1) is 19.3 Å². The highest BCUT2D eigenvalue weighted by molar-refractivity contribution is 5.48. The summed E-state index contributed by atoms with van der Waals surface area (Å²) in [5, 5.41) is 0. The maximum absolute atomic E-state index is 5.90. The van der Waals surface area contributed by atoms with Crippen LogP contribution in [0.1, 0.15) is 32.5 Å². The number of hydrogen-bond donors (Lipinski definition) is 1. The van der Waals surface area contributed by atoms with Crippen molar-refractivity contribution in [2.45, 2.75) is 32.7 Å². The van der Waals surface area contributed by atoms with Crippen LogP contribution >= 0.6 is 0 Å². The molecule has 0 aliphatic rings. The second kappa shape index (κ2) is 8.01. The quantitative estimate of drug-likeness (QED) is 0.782. The molecular formula is C14H26N4O2. The van der Waals surface area contributed by atoms with E-state index >= 15 is 0 Å². The van der Waals surface area contributed by atoms with Crippen molar-refractivity contribution in [1.82, 2.24) is 9.97 Å². The summed E-state index contributed by atoms with van der Waals surface area (Å²) in [5.74, 6) is 2.31. The molecule has 0 aromatic carbocycles. The van der Waals surface area contributed by atoms with Gasteiger partial charge in [-0.15, -0.1) is 0 Å². The van der Waals surface area contributed by atoms with E-state index in [0.717, 1.165) is 18.2 Å². The first-order valence-electron chi connectivity index (χ1n) is 6.88. The number of nitrogen functional groups attached to an aromatic ring is 1. The Kier molecular flexibility index (Phi) is 6.67. The van der Waals surface area contributed by atoms with Crippen LogP contribution in [0.15, 0.2) is 6.07 Å². The predicted octanol–water partition coefficient (Wildman–Crippen LogP) is 1.67. The van der Waals surface area contributed by atoms with Crippen molar-refractivity contribution < 1.29 is 9.47 Å². The number of ether oxygens (including phenoxy) is 2. The SMILES string of the molecule is COCCN(c1cc(N)nc(C(C)C)n1)C(C)COC. The van der Waals surface area contributed by atoms with Crippen molar-refractivity contribution in [1.29, 1.82) is 0 Å². The molecule has 1 rings (SSSR count). The van der Waals surface area contributed by atoms with Gasteiger partial charge in [-0.2, -0.15) is 0 Å². The highest BCUT2D eigenvalue weighted by Gasteiger charge is 2.18. The van der Waals surface area contributed by atoms with Gasteiger partial charge in [0.15, 0.2) is 0 Å². The maximum Gasteiger partial charge on any atom is 0.135 e. The topological polar surface area (TPSA) is 73.5 Å². The minimum absolute atomic E-state index is 0.185. The summed E-state index contributed by atoms with van der Waals surface area (Å²) in [6.45, 7) is 8.16. The van der Waals surface area contributed by atoms with Crippen LogP contribution in [0.2, 0.25) is 0 Å². The molecule has 6 heteroatoms. The molecule has 1 aromatic rings. The van der Waals surface area contributed by atoms with Crippen LogP contribution in [0.5, 0.6) is 0 Å². The third kappa shape index (κ3) is 4.61. The molecule has 0 saturated heterocycles. The molecule has 1 unspecified atom stereocenters. The van der Waals surface area contributed by atoms with Crippen molar-refractivity contribution in [2.75, 3.05) is 44.6 Å². The van der Waals surface area contributed by atoms with Crippen molar-refractivity contribution >= 4 is 11.6 Å². The standard InChI is InChI=1S/C14H26N4O2/c1-10(2)14-16-12(15)8-13(17-14)18(6-7-19-4)11(3)9-20-5/h8,10-11H,6-7,9H2,1-5H3,(H2,15,16,17). The molecule has 0 bridgehead atoms. The molecule has 0 aliphatic carbocycles. The zero-order valence-electron chi connectivity index (χ0n) is 13.1. The number of aromatic nitrogens is 2. The van der Waals surface area contributed by atoms with Gasteiger partial charge in [-0.25, -0.2) is 9.97 Å². The first kappa shape index (κ1) is 16.7. The summed E-state index contributed by atoms with van der Waals surface area (Å²) in [6.07, 6.45) is 0. The van der Waals surface area contributed by atoms with Crippen LogP contribution in [0.25, 0.3) is 0 Å². The van der Waals surface area contributed by atoms with Crippen LogP contribution < -0.4 is 10.6 Å². The molecule has 0 aliphatic heterocycles. The van der Waals surface area contributed by atoms with E-state index in [0.29, 0.717) is 19.0 Å². The lowest BCUT2D eigenvalue weighted by atomic mass is 10.2. The Hall–Kier alpha value is -1.40. The summed E-state index contributed by atoms with van der Waals surface area (Å²) >= 11 is 0.